The maximum atomic E-state index is 11.1. The number of hydrogen-bond acceptors (Lipinski definition) is 4. The molecule has 0 saturated heterocycles. The van der Waals surface area contributed by atoms with E-state index >= 15 is 0 Å². The molecule has 7 heteroatoms. The molecule has 0 fully saturated rings. The number of pyridine rings is 1. The number of carboxylic acid groups (broad SMARTS) is 1. The Kier molecular flexibility index (Phi) is 4.17. The van der Waals surface area contributed by atoms with Crippen LogP contribution in [0.2, 0.25) is 0 Å². The molecule has 0 amide bonds. The van der Waals surface area contributed by atoms with E-state index in [0.717, 1.165) is 5.69 Å². The summed E-state index contributed by atoms with van der Waals surface area (Å²) in [6, 6.07) is 7.35. The first kappa shape index (κ1) is 14.6. The second-order valence-electron chi connectivity index (χ2n) is 4.09. The molecule has 0 radical (unpaired) electrons. The Morgan fingerprint density at radius 1 is 1.30 bits per heavy atom. The van der Waals surface area contributed by atoms with E-state index in [9.17, 15) is 4.79 Å². The number of carbonyl (C=O) groups is 1. The number of aromatic nitrogens is 4. The number of carboxylic acids is 1. The summed E-state index contributed by atoms with van der Waals surface area (Å²) in [6.45, 7) is 1.87. The summed E-state index contributed by atoms with van der Waals surface area (Å²) in [5, 5.41) is 9.09. The van der Waals surface area contributed by atoms with Gasteiger partial charge in [0.2, 0.25) is 0 Å². The molecule has 0 aliphatic carbocycles. The van der Waals surface area contributed by atoms with Crippen molar-refractivity contribution >= 4 is 11.6 Å². The van der Waals surface area contributed by atoms with Gasteiger partial charge in [0.05, 0.1) is 11.4 Å². The van der Waals surface area contributed by atoms with Crippen molar-refractivity contribution in [2.45, 2.75) is 6.92 Å². The van der Waals surface area contributed by atoms with E-state index < -0.39 is 5.97 Å². The van der Waals surface area contributed by atoms with Gasteiger partial charge < -0.3 is 6.53 Å². The fourth-order valence-electron chi connectivity index (χ4n) is 1.92. The predicted molar refractivity (Wildman–Crippen MR) is 69.0 cm³/mol. The summed E-state index contributed by atoms with van der Waals surface area (Å²) in [6.07, 6.45) is 3.13. The van der Waals surface area contributed by atoms with Gasteiger partial charge in [-0.3, -0.25) is 9.38 Å². The quantitative estimate of drug-likeness (QED) is 0.603. The standard InChI is InChI=1S/C13H10N4O2.Na.H/c1-8-6-10(9-4-2-3-5-14-9)16-12-11(13(18)19)15-7-17(8)12;;/h2-7H,1H3,(H,18,19);;/q;+1;-1. The second kappa shape index (κ2) is 5.70. The first-order valence-corrected chi connectivity index (χ1v) is 5.66. The molecule has 0 aliphatic rings. The van der Waals surface area contributed by atoms with Gasteiger partial charge in [0.25, 0.3) is 0 Å². The Bertz CT molecular complexity index is 776. The molecule has 0 unspecified atom stereocenters. The van der Waals surface area contributed by atoms with Gasteiger partial charge in [-0.2, -0.15) is 0 Å². The van der Waals surface area contributed by atoms with E-state index in [-0.39, 0.29) is 36.7 Å². The molecule has 3 rings (SSSR count). The molecule has 3 aromatic heterocycles. The van der Waals surface area contributed by atoms with Crippen molar-refractivity contribution in [3.8, 4) is 11.4 Å². The van der Waals surface area contributed by atoms with Crippen LogP contribution in [-0.4, -0.2) is 30.4 Å². The molecule has 0 aromatic carbocycles. The maximum Gasteiger partial charge on any atom is 1.00 e. The fraction of sp³-hybridized carbons (Fsp3) is 0.0769. The monoisotopic (exact) mass is 278 g/mol. The van der Waals surface area contributed by atoms with Crippen molar-refractivity contribution in [2.75, 3.05) is 0 Å². The maximum absolute atomic E-state index is 11.1. The average molecular weight is 278 g/mol. The third kappa shape index (κ3) is 2.45. The molecular weight excluding hydrogens is 267 g/mol. The molecule has 0 atom stereocenters. The Morgan fingerprint density at radius 2 is 2.10 bits per heavy atom. The van der Waals surface area contributed by atoms with Crippen molar-refractivity contribution in [1.29, 1.82) is 0 Å². The van der Waals surface area contributed by atoms with Gasteiger partial charge in [-0.15, -0.1) is 0 Å². The largest absolute Gasteiger partial charge is 1.00 e. The Balaban J connectivity index is 0.00000110. The topological polar surface area (TPSA) is 80.4 Å². The van der Waals surface area contributed by atoms with E-state index in [0.29, 0.717) is 17.0 Å². The molecule has 0 spiro atoms. The van der Waals surface area contributed by atoms with E-state index in [2.05, 4.69) is 15.0 Å². The average Bonchev–Trinajstić information content (AvgIpc) is 2.84. The van der Waals surface area contributed by atoms with Crippen molar-refractivity contribution < 1.29 is 40.9 Å². The summed E-state index contributed by atoms with van der Waals surface area (Å²) in [5.41, 5.74) is 2.46. The Labute approximate surface area is 138 Å². The van der Waals surface area contributed by atoms with Gasteiger partial charge in [-0.05, 0) is 25.1 Å². The minimum atomic E-state index is -1.09. The molecule has 0 bridgehead atoms. The number of nitrogens with zero attached hydrogens (tertiary/aromatic N) is 4. The minimum Gasteiger partial charge on any atom is -1.00 e. The summed E-state index contributed by atoms with van der Waals surface area (Å²) in [7, 11) is 0. The Hall–Kier alpha value is -1.76. The van der Waals surface area contributed by atoms with E-state index in [1.165, 1.54) is 6.33 Å². The fourth-order valence-corrected chi connectivity index (χ4v) is 1.92. The third-order valence-electron chi connectivity index (χ3n) is 2.82. The van der Waals surface area contributed by atoms with Crippen molar-refractivity contribution in [3.63, 3.8) is 0 Å². The molecule has 3 heterocycles. The molecule has 6 nitrogen and oxygen atoms in total. The molecule has 20 heavy (non-hydrogen) atoms. The first-order chi connectivity index (χ1) is 9.16. The smallest absolute Gasteiger partial charge is 1.00 e. The van der Waals surface area contributed by atoms with Crippen LogP contribution in [0.4, 0.5) is 0 Å². The summed E-state index contributed by atoms with van der Waals surface area (Å²) < 4.78 is 1.65. The number of fused-ring (bicyclic) bond motifs is 1. The van der Waals surface area contributed by atoms with Gasteiger partial charge in [0.1, 0.15) is 6.33 Å². The zero-order chi connectivity index (χ0) is 13.4. The van der Waals surface area contributed by atoms with Gasteiger partial charge >= 0.3 is 35.5 Å². The van der Waals surface area contributed by atoms with Crippen LogP contribution in [0.3, 0.4) is 0 Å². The summed E-state index contributed by atoms with van der Waals surface area (Å²) in [4.78, 5) is 23.5. The molecular formula is C13H11N4NaO2. The second-order valence-corrected chi connectivity index (χ2v) is 4.09. The van der Waals surface area contributed by atoms with Crippen molar-refractivity contribution in [1.82, 2.24) is 19.4 Å². The van der Waals surface area contributed by atoms with Gasteiger partial charge in [-0.1, -0.05) is 6.07 Å². The zero-order valence-corrected chi connectivity index (χ0v) is 13.1. The summed E-state index contributed by atoms with van der Waals surface area (Å²) in [5.74, 6) is -1.09. The van der Waals surface area contributed by atoms with Crippen LogP contribution in [0.15, 0.2) is 36.8 Å². The van der Waals surface area contributed by atoms with Crippen LogP contribution in [0.5, 0.6) is 0 Å². The summed E-state index contributed by atoms with van der Waals surface area (Å²) >= 11 is 0. The minimum absolute atomic E-state index is 0. The number of aryl methyl sites for hydroxylation is 1. The molecule has 0 saturated carbocycles. The molecule has 96 valence electrons. The van der Waals surface area contributed by atoms with Crippen LogP contribution in [0, 0.1) is 6.92 Å². The van der Waals surface area contributed by atoms with Crippen LogP contribution in [0.1, 0.15) is 17.6 Å². The predicted octanol–water partition coefficient (Wildman–Crippen LogP) is -1.09. The van der Waals surface area contributed by atoms with Crippen LogP contribution in [-0.2, 0) is 0 Å². The van der Waals surface area contributed by atoms with Crippen molar-refractivity contribution in [3.05, 3.63) is 48.2 Å². The van der Waals surface area contributed by atoms with Crippen LogP contribution >= 0.6 is 0 Å². The SMILES string of the molecule is Cc1cc(-c2ccccn2)nc2c(C(=O)O)ncn12.[H-].[Na+]. The number of aromatic carboxylic acids is 1. The van der Waals surface area contributed by atoms with E-state index in [1.807, 2.05) is 31.2 Å². The third-order valence-corrected chi connectivity index (χ3v) is 2.82. The number of imidazole rings is 1. The van der Waals surface area contributed by atoms with Crippen molar-refractivity contribution in [2.24, 2.45) is 0 Å². The normalized spacial score (nSPS) is 10.2. The molecule has 1 N–H and O–H groups in total. The first-order valence-electron chi connectivity index (χ1n) is 5.66. The molecule has 3 aromatic rings. The zero-order valence-electron chi connectivity index (χ0n) is 12.1. The van der Waals surface area contributed by atoms with Gasteiger partial charge in [0.15, 0.2) is 11.3 Å². The van der Waals surface area contributed by atoms with Crippen LogP contribution in [0.25, 0.3) is 17.0 Å². The van der Waals surface area contributed by atoms with Crippen LogP contribution < -0.4 is 29.6 Å². The Morgan fingerprint density at radius 3 is 2.75 bits per heavy atom. The van der Waals surface area contributed by atoms with Gasteiger partial charge in [0, 0.05) is 11.9 Å². The van der Waals surface area contributed by atoms with E-state index in [1.54, 1.807) is 10.6 Å². The number of rotatable bonds is 2. The molecule has 0 aliphatic heterocycles. The number of hydrogen-bond donors (Lipinski definition) is 1. The van der Waals surface area contributed by atoms with Gasteiger partial charge in [-0.25, -0.2) is 14.8 Å². The van der Waals surface area contributed by atoms with E-state index in [4.69, 9.17) is 5.11 Å².